The molecule has 0 saturated heterocycles. The molecule has 0 aliphatic carbocycles. The zero-order valence-electron chi connectivity index (χ0n) is 11.5. The van der Waals surface area contributed by atoms with E-state index in [4.69, 9.17) is 5.11 Å². The SMILES string of the molecule is CNc1cccc2ccc(-c3cccc(C(=O)O)n3)cc12. The van der Waals surface area contributed by atoms with Crippen LogP contribution in [-0.2, 0) is 0 Å². The lowest BCUT2D eigenvalue weighted by atomic mass is 10.0. The Labute approximate surface area is 122 Å². The summed E-state index contributed by atoms with van der Waals surface area (Å²) in [6, 6.07) is 17.1. The fourth-order valence-electron chi connectivity index (χ4n) is 2.36. The predicted molar refractivity (Wildman–Crippen MR) is 83.7 cm³/mol. The van der Waals surface area contributed by atoms with E-state index in [1.807, 2.05) is 49.5 Å². The lowest BCUT2D eigenvalue weighted by Crippen LogP contribution is -2.00. The summed E-state index contributed by atoms with van der Waals surface area (Å²) >= 11 is 0. The maximum absolute atomic E-state index is 11.0. The van der Waals surface area contributed by atoms with Crippen molar-refractivity contribution in [2.24, 2.45) is 0 Å². The van der Waals surface area contributed by atoms with Crippen molar-refractivity contribution in [3.05, 3.63) is 60.3 Å². The average Bonchev–Trinajstić information content (AvgIpc) is 2.53. The Bertz CT molecular complexity index is 828. The van der Waals surface area contributed by atoms with E-state index in [2.05, 4.69) is 10.3 Å². The molecule has 0 radical (unpaired) electrons. The molecule has 2 aromatic carbocycles. The van der Waals surface area contributed by atoms with Crippen LogP contribution in [0.4, 0.5) is 5.69 Å². The van der Waals surface area contributed by atoms with Gasteiger partial charge >= 0.3 is 5.97 Å². The van der Waals surface area contributed by atoms with Gasteiger partial charge in [-0.15, -0.1) is 0 Å². The Balaban J connectivity index is 2.17. The van der Waals surface area contributed by atoms with Crippen LogP contribution in [0.3, 0.4) is 0 Å². The van der Waals surface area contributed by atoms with Crippen molar-refractivity contribution in [2.45, 2.75) is 0 Å². The number of fused-ring (bicyclic) bond motifs is 1. The highest BCUT2D eigenvalue weighted by molar-refractivity contribution is 5.96. The highest BCUT2D eigenvalue weighted by atomic mass is 16.4. The van der Waals surface area contributed by atoms with E-state index < -0.39 is 5.97 Å². The number of pyridine rings is 1. The average molecular weight is 278 g/mol. The molecule has 0 fully saturated rings. The topological polar surface area (TPSA) is 62.2 Å². The number of rotatable bonds is 3. The van der Waals surface area contributed by atoms with Crippen molar-refractivity contribution in [3.63, 3.8) is 0 Å². The minimum atomic E-state index is -1.02. The van der Waals surface area contributed by atoms with Crippen LogP contribution in [0.1, 0.15) is 10.5 Å². The Kier molecular flexibility index (Phi) is 3.28. The number of hydrogen-bond acceptors (Lipinski definition) is 3. The molecule has 0 saturated carbocycles. The van der Waals surface area contributed by atoms with E-state index in [1.54, 1.807) is 6.07 Å². The van der Waals surface area contributed by atoms with Gasteiger partial charge in [0.1, 0.15) is 5.69 Å². The number of aromatic carboxylic acids is 1. The number of anilines is 1. The van der Waals surface area contributed by atoms with Gasteiger partial charge in [0.25, 0.3) is 0 Å². The Morgan fingerprint density at radius 1 is 1.10 bits per heavy atom. The second kappa shape index (κ2) is 5.25. The zero-order chi connectivity index (χ0) is 14.8. The van der Waals surface area contributed by atoms with E-state index in [0.29, 0.717) is 5.69 Å². The number of benzene rings is 2. The van der Waals surface area contributed by atoms with Crippen molar-refractivity contribution >= 4 is 22.4 Å². The maximum Gasteiger partial charge on any atom is 0.354 e. The molecule has 104 valence electrons. The van der Waals surface area contributed by atoms with Crippen LogP contribution in [0.5, 0.6) is 0 Å². The number of aromatic nitrogens is 1. The second-order valence-corrected chi connectivity index (χ2v) is 4.70. The van der Waals surface area contributed by atoms with Crippen molar-refractivity contribution in [1.82, 2.24) is 4.98 Å². The second-order valence-electron chi connectivity index (χ2n) is 4.70. The number of hydrogen-bond donors (Lipinski definition) is 2. The van der Waals surface area contributed by atoms with E-state index in [9.17, 15) is 4.79 Å². The van der Waals surface area contributed by atoms with E-state index >= 15 is 0 Å². The fourth-order valence-corrected chi connectivity index (χ4v) is 2.36. The minimum absolute atomic E-state index is 0.0505. The van der Waals surface area contributed by atoms with Gasteiger partial charge in [0.15, 0.2) is 0 Å². The molecule has 1 heterocycles. The monoisotopic (exact) mass is 278 g/mol. The quantitative estimate of drug-likeness (QED) is 0.767. The molecular weight excluding hydrogens is 264 g/mol. The first kappa shape index (κ1) is 13.1. The Hall–Kier alpha value is -2.88. The number of carboxylic acids is 1. The van der Waals surface area contributed by atoms with Crippen molar-refractivity contribution in [1.29, 1.82) is 0 Å². The summed E-state index contributed by atoms with van der Waals surface area (Å²) in [6.45, 7) is 0. The molecule has 2 N–H and O–H groups in total. The van der Waals surface area contributed by atoms with Gasteiger partial charge in [-0.3, -0.25) is 0 Å². The molecule has 4 nitrogen and oxygen atoms in total. The molecule has 0 amide bonds. The van der Waals surface area contributed by atoms with Crippen LogP contribution >= 0.6 is 0 Å². The number of nitrogens with zero attached hydrogens (tertiary/aromatic N) is 1. The lowest BCUT2D eigenvalue weighted by Gasteiger charge is -2.08. The molecule has 0 aliphatic heterocycles. The van der Waals surface area contributed by atoms with E-state index in [1.165, 1.54) is 6.07 Å². The van der Waals surface area contributed by atoms with E-state index in [0.717, 1.165) is 22.0 Å². The van der Waals surface area contributed by atoms with Gasteiger partial charge in [0.05, 0.1) is 5.69 Å². The molecule has 21 heavy (non-hydrogen) atoms. The van der Waals surface area contributed by atoms with Crippen molar-refractivity contribution < 1.29 is 9.90 Å². The molecule has 4 heteroatoms. The summed E-state index contributed by atoms with van der Waals surface area (Å²) < 4.78 is 0. The van der Waals surface area contributed by atoms with Crippen LogP contribution in [-0.4, -0.2) is 23.1 Å². The third-order valence-electron chi connectivity index (χ3n) is 3.42. The first-order chi connectivity index (χ1) is 10.2. The highest BCUT2D eigenvalue weighted by Crippen LogP contribution is 2.28. The third-order valence-corrected chi connectivity index (χ3v) is 3.42. The van der Waals surface area contributed by atoms with Gasteiger partial charge in [0.2, 0.25) is 0 Å². The molecular formula is C17H14N2O2. The standard InChI is InChI=1S/C17H14N2O2/c1-18-15-6-2-4-11-8-9-12(10-13(11)15)14-5-3-7-16(19-14)17(20)21/h2-10,18H,1H3,(H,20,21). The molecule has 0 spiro atoms. The molecule has 0 aliphatic rings. The first-order valence-electron chi connectivity index (χ1n) is 6.60. The molecule has 0 atom stereocenters. The molecule has 3 rings (SSSR count). The first-order valence-corrected chi connectivity index (χ1v) is 6.60. The van der Waals surface area contributed by atoms with Gasteiger partial charge in [-0.25, -0.2) is 9.78 Å². The van der Waals surface area contributed by atoms with Crippen molar-refractivity contribution in [3.8, 4) is 11.3 Å². The van der Waals surface area contributed by atoms with Crippen LogP contribution in [0.2, 0.25) is 0 Å². The minimum Gasteiger partial charge on any atom is -0.477 e. The van der Waals surface area contributed by atoms with Crippen LogP contribution < -0.4 is 5.32 Å². The molecule has 3 aromatic rings. The molecule has 0 unspecified atom stereocenters. The van der Waals surface area contributed by atoms with Crippen LogP contribution in [0.25, 0.3) is 22.0 Å². The fraction of sp³-hybridized carbons (Fsp3) is 0.0588. The summed E-state index contributed by atoms with van der Waals surface area (Å²) in [6.07, 6.45) is 0. The van der Waals surface area contributed by atoms with Gasteiger partial charge in [-0.1, -0.05) is 30.3 Å². The van der Waals surface area contributed by atoms with Crippen LogP contribution in [0, 0.1) is 0 Å². The van der Waals surface area contributed by atoms with Crippen LogP contribution in [0.15, 0.2) is 54.6 Å². The van der Waals surface area contributed by atoms with Gasteiger partial charge in [-0.05, 0) is 29.7 Å². The van der Waals surface area contributed by atoms with Gasteiger partial charge < -0.3 is 10.4 Å². The Morgan fingerprint density at radius 2 is 1.90 bits per heavy atom. The lowest BCUT2D eigenvalue weighted by molar-refractivity contribution is 0.0690. The third kappa shape index (κ3) is 2.43. The summed E-state index contributed by atoms with van der Waals surface area (Å²) in [4.78, 5) is 15.2. The largest absolute Gasteiger partial charge is 0.477 e. The number of nitrogens with one attached hydrogen (secondary N) is 1. The maximum atomic E-state index is 11.0. The van der Waals surface area contributed by atoms with Crippen molar-refractivity contribution in [2.75, 3.05) is 12.4 Å². The van der Waals surface area contributed by atoms with E-state index in [-0.39, 0.29) is 5.69 Å². The molecule has 1 aromatic heterocycles. The predicted octanol–water partition coefficient (Wildman–Crippen LogP) is 3.64. The summed E-state index contributed by atoms with van der Waals surface area (Å²) in [5, 5.41) is 14.4. The summed E-state index contributed by atoms with van der Waals surface area (Å²) in [5.74, 6) is -1.02. The number of carboxylic acid groups (broad SMARTS) is 1. The molecule has 0 bridgehead atoms. The number of carbonyl (C=O) groups is 1. The van der Waals surface area contributed by atoms with Gasteiger partial charge in [0, 0.05) is 23.7 Å². The zero-order valence-corrected chi connectivity index (χ0v) is 11.5. The Morgan fingerprint density at radius 3 is 2.67 bits per heavy atom. The summed E-state index contributed by atoms with van der Waals surface area (Å²) in [7, 11) is 1.88. The smallest absolute Gasteiger partial charge is 0.354 e. The highest BCUT2D eigenvalue weighted by Gasteiger charge is 2.08. The summed E-state index contributed by atoms with van der Waals surface area (Å²) in [5.41, 5.74) is 2.63. The van der Waals surface area contributed by atoms with Gasteiger partial charge in [-0.2, -0.15) is 0 Å². The normalized spacial score (nSPS) is 10.5.